The maximum atomic E-state index is 13.1. The van der Waals surface area contributed by atoms with Gasteiger partial charge >= 0.3 is 6.18 Å². The van der Waals surface area contributed by atoms with Gasteiger partial charge in [-0.25, -0.2) is 0 Å². The first kappa shape index (κ1) is 21.6. The first-order chi connectivity index (χ1) is 15.2. The van der Waals surface area contributed by atoms with Crippen LogP contribution in [0.4, 0.5) is 13.2 Å². The molecule has 0 amide bonds. The Kier molecular flexibility index (Phi) is 5.72. The van der Waals surface area contributed by atoms with Crippen molar-refractivity contribution in [2.24, 2.45) is 0 Å². The lowest BCUT2D eigenvalue weighted by molar-refractivity contribution is -0.137. The van der Waals surface area contributed by atoms with Crippen LogP contribution in [0, 0.1) is 0 Å². The maximum Gasteiger partial charge on any atom is 0.416 e. The molecule has 32 heavy (non-hydrogen) atoms. The van der Waals surface area contributed by atoms with Gasteiger partial charge in [0.1, 0.15) is 0 Å². The third-order valence-electron chi connectivity index (χ3n) is 4.95. The number of ketones is 1. The summed E-state index contributed by atoms with van der Waals surface area (Å²) in [4.78, 5) is 28.6. The molecular formula is C25H15ClF3NO2. The molecule has 7 heteroatoms. The van der Waals surface area contributed by atoms with Crippen LogP contribution in [0.25, 0.3) is 28.1 Å². The number of alkyl halides is 3. The Morgan fingerprint density at radius 1 is 0.938 bits per heavy atom. The number of aromatic amines is 1. The Labute approximate surface area is 185 Å². The molecule has 0 bridgehead atoms. The fourth-order valence-electron chi connectivity index (χ4n) is 3.44. The van der Waals surface area contributed by atoms with E-state index in [1.807, 2.05) is 6.07 Å². The van der Waals surface area contributed by atoms with Gasteiger partial charge in [0.25, 0.3) is 5.56 Å². The van der Waals surface area contributed by atoms with E-state index in [1.54, 1.807) is 42.5 Å². The first-order valence-electron chi connectivity index (χ1n) is 9.54. The van der Waals surface area contributed by atoms with Crippen LogP contribution in [0.3, 0.4) is 0 Å². The number of H-pyrrole nitrogens is 1. The number of hydrogen-bond donors (Lipinski definition) is 1. The van der Waals surface area contributed by atoms with Crippen molar-refractivity contribution < 1.29 is 18.0 Å². The molecule has 3 aromatic carbocycles. The van der Waals surface area contributed by atoms with Crippen molar-refractivity contribution in [1.29, 1.82) is 0 Å². The van der Waals surface area contributed by atoms with Crippen LogP contribution in [0.15, 0.2) is 83.7 Å². The van der Waals surface area contributed by atoms with Crippen LogP contribution < -0.4 is 5.56 Å². The van der Waals surface area contributed by atoms with Gasteiger partial charge < -0.3 is 4.98 Å². The zero-order chi connectivity index (χ0) is 22.9. The number of benzene rings is 3. The van der Waals surface area contributed by atoms with E-state index in [2.05, 4.69) is 4.98 Å². The molecule has 4 aromatic rings. The molecule has 0 atom stereocenters. The lowest BCUT2D eigenvalue weighted by atomic mass is 9.94. The number of allylic oxidation sites excluding steroid dienone is 1. The van der Waals surface area contributed by atoms with Gasteiger partial charge in [-0.3, -0.25) is 9.59 Å². The van der Waals surface area contributed by atoms with Gasteiger partial charge in [-0.1, -0.05) is 60.1 Å². The predicted molar refractivity (Wildman–Crippen MR) is 120 cm³/mol. The number of hydrogen-bond acceptors (Lipinski definition) is 2. The summed E-state index contributed by atoms with van der Waals surface area (Å²) in [5.41, 5.74) is 0.602. The summed E-state index contributed by atoms with van der Waals surface area (Å²) in [7, 11) is 0. The van der Waals surface area contributed by atoms with E-state index in [4.69, 9.17) is 11.6 Å². The lowest BCUT2D eigenvalue weighted by Gasteiger charge is -2.11. The quantitative estimate of drug-likeness (QED) is 0.274. The van der Waals surface area contributed by atoms with Crippen LogP contribution in [0.5, 0.6) is 0 Å². The van der Waals surface area contributed by atoms with Gasteiger partial charge in [-0.2, -0.15) is 13.2 Å². The smallest absolute Gasteiger partial charge is 0.321 e. The van der Waals surface area contributed by atoms with Crippen LogP contribution in [0.1, 0.15) is 21.5 Å². The number of halogens is 4. The zero-order valence-corrected chi connectivity index (χ0v) is 17.2. The lowest BCUT2D eigenvalue weighted by Crippen LogP contribution is -2.18. The fraction of sp³-hybridized carbons (Fsp3) is 0.0400. The molecule has 1 aromatic heterocycles. The van der Waals surface area contributed by atoms with Crippen molar-refractivity contribution in [2.45, 2.75) is 6.18 Å². The minimum Gasteiger partial charge on any atom is -0.321 e. The van der Waals surface area contributed by atoms with E-state index >= 15 is 0 Å². The second kappa shape index (κ2) is 8.48. The topological polar surface area (TPSA) is 49.9 Å². The van der Waals surface area contributed by atoms with E-state index in [1.165, 1.54) is 24.3 Å². The number of nitrogens with one attached hydrogen (secondary N) is 1. The van der Waals surface area contributed by atoms with Crippen LogP contribution in [0.2, 0.25) is 5.02 Å². The Hall–Kier alpha value is -3.64. The Morgan fingerprint density at radius 2 is 1.62 bits per heavy atom. The monoisotopic (exact) mass is 453 g/mol. The van der Waals surface area contributed by atoms with Crippen LogP contribution in [-0.4, -0.2) is 10.8 Å². The number of carbonyl (C=O) groups is 1. The second-order valence-electron chi connectivity index (χ2n) is 7.08. The van der Waals surface area contributed by atoms with Gasteiger partial charge in [-0.15, -0.1) is 0 Å². The van der Waals surface area contributed by atoms with Gasteiger partial charge in [-0.05, 0) is 47.5 Å². The van der Waals surface area contributed by atoms with E-state index < -0.39 is 23.1 Å². The number of pyridine rings is 1. The molecule has 0 spiro atoms. The molecule has 0 saturated heterocycles. The molecule has 4 rings (SSSR count). The number of fused-ring (bicyclic) bond motifs is 1. The fourth-order valence-corrected chi connectivity index (χ4v) is 3.62. The molecule has 1 N–H and O–H groups in total. The normalized spacial score (nSPS) is 11.9. The molecule has 0 aliphatic carbocycles. The van der Waals surface area contributed by atoms with Gasteiger partial charge in [0.2, 0.25) is 0 Å². The van der Waals surface area contributed by atoms with E-state index in [0.717, 1.165) is 12.1 Å². The summed E-state index contributed by atoms with van der Waals surface area (Å²) in [6.07, 6.45) is -1.89. The molecule has 3 nitrogen and oxygen atoms in total. The van der Waals surface area contributed by atoms with E-state index in [0.29, 0.717) is 32.6 Å². The number of carbonyl (C=O) groups excluding carboxylic acids is 1. The standard InChI is InChI=1S/C25H15ClF3NO2/c26-18-11-12-20-19(14-18)22(16-4-2-1-3-5-16)23(24(32)30-20)21(31)13-8-15-6-9-17(10-7-15)25(27,28)29/h1-14H,(H,30,32). The number of rotatable bonds is 4. The van der Waals surface area contributed by atoms with E-state index in [-0.39, 0.29) is 5.56 Å². The van der Waals surface area contributed by atoms with Gasteiger partial charge in [0.15, 0.2) is 5.78 Å². The highest BCUT2D eigenvalue weighted by Gasteiger charge is 2.29. The predicted octanol–water partition coefficient (Wildman–Crippen LogP) is 6.76. The largest absolute Gasteiger partial charge is 0.416 e. The summed E-state index contributed by atoms with van der Waals surface area (Å²) < 4.78 is 38.2. The molecule has 160 valence electrons. The van der Waals surface area contributed by atoms with Gasteiger partial charge in [0.05, 0.1) is 11.1 Å². The summed E-state index contributed by atoms with van der Waals surface area (Å²) in [5.74, 6) is -0.577. The van der Waals surface area contributed by atoms with Gasteiger partial charge in [0, 0.05) is 21.5 Å². The third-order valence-corrected chi connectivity index (χ3v) is 5.19. The molecule has 0 unspecified atom stereocenters. The summed E-state index contributed by atoms with van der Waals surface area (Å²) in [5, 5.41) is 1.05. The highest BCUT2D eigenvalue weighted by molar-refractivity contribution is 6.31. The minimum absolute atomic E-state index is 0.0749. The van der Waals surface area contributed by atoms with Crippen molar-refractivity contribution in [2.75, 3.05) is 0 Å². The summed E-state index contributed by atoms with van der Waals surface area (Å²) >= 11 is 6.16. The SMILES string of the molecule is O=C(C=Cc1ccc(C(F)(F)F)cc1)c1c(-c2ccccc2)c2cc(Cl)ccc2[nH]c1=O. The Bertz CT molecular complexity index is 1390. The highest BCUT2D eigenvalue weighted by atomic mass is 35.5. The molecular weight excluding hydrogens is 439 g/mol. The molecule has 0 fully saturated rings. The molecule has 0 aliphatic rings. The van der Waals surface area contributed by atoms with Crippen molar-refractivity contribution in [3.8, 4) is 11.1 Å². The Balaban J connectivity index is 1.81. The molecule has 0 saturated carbocycles. The van der Waals surface area contributed by atoms with Crippen molar-refractivity contribution in [1.82, 2.24) is 4.98 Å². The van der Waals surface area contributed by atoms with Crippen molar-refractivity contribution in [3.05, 3.63) is 111 Å². The molecule has 0 radical (unpaired) electrons. The summed E-state index contributed by atoms with van der Waals surface area (Å²) in [6, 6.07) is 18.3. The summed E-state index contributed by atoms with van der Waals surface area (Å²) in [6.45, 7) is 0. The van der Waals surface area contributed by atoms with E-state index in [9.17, 15) is 22.8 Å². The highest BCUT2D eigenvalue weighted by Crippen LogP contribution is 2.32. The average molecular weight is 454 g/mol. The first-order valence-corrected chi connectivity index (χ1v) is 9.92. The van der Waals surface area contributed by atoms with Crippen LogP contribution >= 0.6 is 11.6 Å². The third kappa shape index (κ3) is 4.36. The van der Waals surface area contributed by atoms with Crippen molar-refractivity contribution in [3.63, 3.8) is 0 Å². The second-order valence-corrected chi connectivity index (χ2v) is 7.51. The number of aromatic nitrogens is 1. The maximum absolute atomic E-state index is 13.1. The van der Waals surface area contributed by atoms with Crippen LogP contribution in [-0.2, 0) is 6.18 Å². The molecule has 0 aliphatic heterocycles. The zero-order valence-electron chi connectivity index (χ0n) is 16.4. The minimum atomic E-state index is -4.44. The molecule has 1 heterocycles. The Morgan fingerprint density at radius 3 is 2.28 bits per heavy atom. The average Bonchev–Trinajstić information content (AvgIpc) is 2.77. The van der Waals surface area contributed by atoms with Crippen molar-refractivity contribution >= 4 is 34.4 Å².